The molecule has 1 fully saturated rings. The van der Waals surface area contributed by atoms with E-state index in [0.717, 1.165) is 43.2 Å². The normalized spacial score (nSPS) is 17.1. The molecule has 0 unspecified atom stereocenters. The third-order valence-electron chi connectivity index (χ3n) is 3.21. The zero-order valence-corrected chi connectivity index (χ0v) is 9.99. The van der Waals surface area contributed by atoms with Gasteiger partial charge in [0.15, 0.2) is 5.76 Å². The van der Waals surface area contributed by atoms with Gasteiger partial charge in [-0.2, -0.15) is 0 Å². The molecule has 0 amide bonds. The van der Waals surface area contributed by atoms with E-state index < -0.39 is 0 Å². The molecule has 5 nitrogen and oxygen atoms in total. The highest BCUT2D eigenvalue weighted by Gasteiger charge is 2.18. The first-order valence-corrected chi connectivity index (χ1v) is 6.12. The summed E-state index contributed by atoms with van der Waals surface area (Å²) in [6.07, 6.45) is 4.60. The van der Waals surface area contributed by atoms with Crippen molar-refractivity contribution in [1.29, 1.82) is 0 Å². The van der Waals surface area contributed by atoms with Crippen molar-refractivity contribution in [3.63, 3.8) is 0 Å². The number of rotatable bonds is 2. The minimum Gasteiger partial charge on any atom is -0.463 e. The maximum atomic E-state index is 9.50. The molecule has 3 heterocycles. The van der Waals surface area contributed by atoms with Crippen molar-refractivity contribution in [2.45, 2.75) is 18.9 Å². The molecular formula is C13H15N3O2. The molecule has 1 aliphatic heterocycles. The first-order chi connectivity index (χ1) is 8.83. The molecule has 0 saturated carbocycles. The van der Waals surface area contributed by atoms with Gasteiger partial charge in [0.1, 0.15) is 17.8 Å². The molecular weight excluding hydrogens is 230 g/mol. The Bertz CT molecular complexity index is 505. The zero-order chi connectivity index (χ0) is 12.4. The number of aliphatic hydroxyl groups excluding tert-OH is 1. The number of hydrogen-bond acceptors (Lipinski definition) is 5. The van der Waals surface area contributed by atoms with Crippen molar-refractivity contribution >= 4 is 5.82 Å². The molecule has 2 aromatic rings. The number of piperidine rings is 1. The summed E-state index contributed by atoms with van der Waals surface area (Å²) in [5.41, 5.74) is 0.788. The smallest absolute Gasteiger partial charge is 0.152 e. The monoisotopic (exact) mass is 245 g/mol. The molecule has 5 heteroatoms. The molecule has 1 aliphatic rings. The van der Waals surface area contributed by atoms with Gasteiger partial charge in [-0.3, -0.25) is 0 Å². The predicted octanol–water partition coefficient (Wildman–Crippen LogP) is 1.70. The van der Waals surface area contributed by atoms with E-state index in [0.29, 0.717) is 0 Å². The average Bonchev–Trinajstić information content (AvgIpc) is 2.94. The maximum absolute atomic E-state index is 9.50. The summed E-state index contributed by atoms with van der Waals surface area (Å²) in [6, 6.07) is 5.65. The largest absolute Gasteiger partial charge is 0.463 e. The van der Waals surface area contributed by atoms with Crippen LogP contribution >= 0.6 is 0 Å². The van der Waals surface area contributed by atoms with Gasteiger partial charge in [-0.15, -0.1) is 0 Å². The molecule has 18 heavy (non-hydrogen) atoms. The van der Waals surface area contributed by atoms with Gasteiger partial charge in [-0.1, -0.05) is 0 Å². The SMILES string of the molecule is OC1CCN(c2cc(-c3ccco3)ncn2)CC1. The summed E-state index contributed by atoms with van der Waals surface area (Å²) in [6.45, 7) is 1.66. The lowest BCUT2D eigenvalue weighted by molar-refractivity contribution is 0.145. The highest BCUT2D eigenvalue weighted by atomic mass is 16.3. The van der Waals surface area contributed by atoms with E-state index >= 15 is 0 Å². The highest BCUT2D eigenvalue weighted by molar-refractivity contribution is 5.57. The highest BCUT2D eigenvalue weighted by Crippen LogP contribution is 2.23. The molecule has 1 N–H and O–H groups in total. The Kier molecular flexibility index (Phi) is 2.98. The summed E-state index contributed by atoms with van der Waals surface area (Å²) in [4.78, 5) is 10.7. The number of furan rings is 1. The molecule has 0 aromatic carbocycles. The van der Waals surface area contributed by atoms with E-state index in [1.807, 2.05) is 18.2 Å². The standard InChI is InChI=1S/C13H15N3O2/c17-10-3-5-16(6-4-10)13-8-11(14-9-15-13)12-2-1-7-18-12/h1-2,7-10,17H,3-6H2. The number of anilines is 1. The van der Waals surface area contributed by atoms with Crippen LogP contribution in [0.25, 0.3) is 11.5 Å². The quantitative estimate of drug-likeness (QED) is 0.872. The van der Waals surface area contributed by atoms with E-state index in [2.05, 4.69) is 14.9 Å². The Morgan fingerprint density at radius 3 is 2.83 bits per heavy atom. The predicted molar refractivity (Wildman–Crippen MR) is 67.2 cm³/mol. The molecule has 0 aliphatic carbocycles. The molecule has 3 rings (SSSR count). The van der Waals surface area contributed by atoms with Gasteiger partial charge in [0.05, 0.1) is 12.4 Å². The third kappa shape index (κ3) is 2.22. The second-order valence-corrected chi connectivity index (χ2v) is 4.46. The maximum Gasteiger partial charge on any atom is 0.152 e. The van der Waals surface area contributed by atoms with E-state index in [4.69, 9.17) is 4.42 Å². The average molecular weight is 245 g/mol. The first kappa shape index (κ1) is 11.2. The first-order valence-electron chi connectivity index (χ1n) is 6.12. The van der Waals surface area contributed by atoms with Crippen molar-refractivity contribution in [1.82, 2.24) is 9.97 Å². The summed E-state index contributed by atoms with van der Waals surface area (Å²) in [5, 5.41) is 9.50. The van der Waals surface area contributed by atoms with Crippen molar-refractivity contribution in [2.24, 2.45) is 0 Å². The van der Waals surface area contributed by atoms with Crippen LogP contribution in [0.2, 0.25) is 0 Å². The minimum absolute atomic E-state index is 0.173. The van der Waals surface area contributed by atoms with Gasteiger partial charge >= 0.3 is 0 Å². The summed E-state index contributed by atoms with van der Waals surface area (Å²) >= 11 is 0. The van der Waals surface area contributed by atoms with Crippen LogP contribution in [0.1, 0.15) is 12.8 Å². The van der Waals surface area contributed by atoms with Crippen LogP contribution in [-0.2, 0) is 0 Å². The van der Waals surface area contributed by atoms with Crippen molar-refractivity contribution < 1.29 is 9.52 Å². The van der Waals surface area contributed by atoms with Crippen LogP contribution in [-0.4, -0.2) is 34.3 Å². The molecule has 94 valence electrons. The van der Waals surface area contributed by atoms with Gasteiger partial charge in [0.2, 0.25) is 0 Å². The lowest BCUT2D eigenvalue weighted by atomic mass is 10.1. The Morgan fingerprint density at radius 1 is 1.28 bits per heavy atom. The Labute approximate surface area is 105 Å². The van der Waals surface area contributed by atoms with Crippen LogP contribution in [0.5, 0.6) is 0 Å². The number of aliphatic hydroxyl groups is 1. The van der Waals surface area contributed by atoms with E-state index in [1.165, 1.54) is 0 Å². The number of hydrogen-bond donors (Lipinski definition) is 1. The van der Waals surface area contributed by atoms with Gasteiger partial charge in [0.25, 0.3) is 0 Å². The lowest BCUT2D eigenvalue weighted by Crippen LogP contribution is -2.36. The minimum atomic E-state index is -0.173. The van der Waals surface area contributed by atoms with E-state index in [1.54, 1.807) is 12.6 Å². The molecule has 0 atom stereocenters. The summed E-state index contributed by atoms with van der Waals surface area (Å²) in [7, 11) is 0. The van der Waals surface area contributed by atoms with Crippen LogP contribution < -0.4 is 4.90 Å². The van der Waals surface area contributed by atoms with Crippen LogP contribution in [0, 0.1) is 0 Å². The van der Waals surface area contributed by atoms with Crippen LogP contribution in [0.3, 0.4) is 0 Å². The molecule has 0 spiro atoms. The zero-order valence-electron chi connectivity index (χ0n) is 9.99. The van der Waals surface area contributed by atoms with E-state index in [9.17, 15) is 5.11 Å². The van der Waals surface area contributed by atoms with Gasteiger partial charge in [-0.05, 0) is 25.0 Å². The van der Waals surface area contributed by atoms with Crippen molar-refractivity contribution in [2.75, 3.05) is 18.0 Å². The fraction of sp³-hybridized carbons (Fsp3) is 0.385. The second-order valence-electron chi connectivity index (χ2n) is 4.46. The fourth-order valence-corrected chi connectivity index (χ4v) is 2.17. The Morgan fingerprint density at radius 2 is 2.11 bits per heavy atom. The third-order valence-corrected chi connectivity index (χ3v) is 3.21. The number of aromatic nitrogens is 2. The van der Waals surface area contributed by atoms with Crippen molar-refractivity contribution in [3.8, 4) is 11.5 Å². The van der Waals surface area contributed by atoms with Crippen molar-refractivity contribution in [3.05, 3.63) is 30.8 Å². The molecule has 2 aromatic heterocycles. The number of nitrogens with zero attached hydrogens (tertiary/aromatic N) is 3. The molecule has 0 bridgehead atoms. The fourth-order valence-electron chi connectivity index (χ4n) is 2.17. The van der Waals surface area contributed by atoms with E-state index in [-0.39, 0.29) is 6.10 Å². The Balaban J connectivity index is 1.83. The van der Waals surface area contributed by atoms with Gasteiger partial charge < -0.3 is 14.4 Å². The molecule has 0 radical (unpaired) electrons. The summed E-state index contributed by atoms with van der Waals surface area (Å²) < 4.78 is 5.33. The topological polar surface area (TPSA) is 62.4 Å². The summed E-state index contributed by atoms with van der Waals surface area (Å²) in [5.74, 6) is 1.64. The van der Waals surface area contributed by atoms with Gasteiger partial charge in [-0.25, -0.2) is 9.97 Å². The lowest BCUT2D eigenvalue weighted by Gasteiger charge is -2.30. The van der Waals surface area contributed by atoms with Crippen LogP contribution in [0.4, 0.5) is 5.82 Å². The molecule has 1 saturated heterocycles. The van der Waals surface area contributed by atoms with Crippen LogP contribution in [0.15, 0.2) is 35.2 Å². The Hall–Kier alpha value is -1.88. The second kappa shape index (κ2) is 4.78. The van der Waals surface area contributed by atoms with Gasteiger partial charge in [0, 0.05) is 19.2 Å².